The lowest BCUT2D eigenvalue weighted by atomic mass is 10.2. The second-order valence-corrected chi connectivity index (χ2v) is 3.11. The minimum Gasteiger partial charge on any atom is -0.344 e. The van der Waals surface area contributed by atoms with Gasteiger partial charge in [0.05, 0.1) is 15.0 Å². The molecule has 0 bridgehead atoms. The van der Waals surface area contributed by atoms with Gasteiger partial charge in [0, 0.05) is 12.1 Å². The van der Waals surface area contributed by atoms with Gasteiger partial charge in [0.1, 0.15) is 0 Å². The molecule has 1 aromatic rings. The summed E-state index contributed by atoms with van der Waals surface area (Å²) < 4.78 is 0. The van der Waals surface area contributed by atoms with Crippen molar-refractivity contribution in [3.05, 3.63) is 37.9 Å². The summed E-state index contributed by atoms with van der Waals surface area (Å²) in [6.07, 6.45) is 0. The maximum atomic E-state index is 10.3. The van der Waals surface area contributed by atoms with Crippen LogP contribution in [0.25, 0.3) is 0 Å². The van der Waals surface area contributed by atoms with E-state index < -0.39 is 4.92 Å². The van der Waals surface area contributed by atoms with Crippen LogP contribution in [0.2, 0.25) is 10.0 Å². The number of hydrogen-bond acceptors (Lipinski definition) is 3. The normalized spacial score (nSPS) is 9.15. The summed E-state index contributed by atoms with van der Waals surface area (Å²) in [5, 5.41) is 10.9. The summed E-state index contributed by atoms with van der Waals surface area (Å²) in [6.45, 7) is 1.70. The molecule has 0 unspecified atom stereocenters. The molecule has 72 valence electrons. The van der Waals surface area contributed by atoms with Gasteiger partial charge < -0.3 is 6.15 Å². The van der Waals surface area contributed by atoms with Crippen molar-refractivity contribution in [2.45, 2.75) is 6.92 Å². The summed E-state index contributed by atoms with van der Waals surface area (Å²) in [5.41, 5.74) is 0.569. The summed E-state index contributed by atoms with van der Waals surface area (Å²) in [6, 6.07) is 2.56. The summed E-state index contributed by atoms with van der Waals surface area (Å²) >= 11 is 11.3. The summed E-state index contributed by atoms with van der Waals surface area (Å²) in [4.78, 5) is 9.77. The second kappa shape index (κ2) is 4.41. The van der Waals surface area contributed by atoms with Crippen LogP contribution in [0, 0.1) is 17.0 Å². The van der Waals surface area contributed by atoms with Crippen molar-refractivity contribution >= 4 is 28.9 Å². The van der Waals surface area contributed by atoms with Crippen LogP contribution < -0.4 is 6.15 Å². The van der Waals surface area contributed by atoms with Gasteiger partial charge in [0.25, 0.3) is 5.69 Å². The Balaban J connectivity index is 0.00000144. The number of nitrogens with zero attached hydrogens (tertiary/aromatic N) is 1. The van der Waals surface area contributed by atoms with Crippen LogP contribution in [0.15, 0.2) is 12.1 Å². The number of rotatable bonds is 1. The molecule has 4 nitrogen and oxygen atoms in total. The number of benzene rings is 1. The molecular weight excluding hydrogens is 215 g/mol. The molecule has 0 spiro atoms. The molecule has 0 heterocycles. The average molecular weight is 223 g/mol. The molecule has 0 atom stereocenters. The van der Waals surface area contributed by atoms with Crippen molar-refractivity contribution in [1.82, 2.24) is 6.15 Å². The molecule has 1 aromatic carbocycles. The van der Waals surface area contributed by atoms with E-state index in [0.29, 0.717) is 15.6 Å². The molecule has 0 aliphatic rings. The van der Waals surface area contributed by atoms with Crippen LogP contribution >= 0.6 is 23.2 Å². The van der Waals surface area contributed by atoms with E-state index in [1.807, 2.05) is 0 Å². The van der Waals surface area contributed by atoms with Crippen LogP contribution in [0.3, 0.4) is 0 Å². The van der Waals surface area contributed by atoms with E-state index in [1.54, 1.807) is 6.92 Å². The van der Waals surface area contributed by atoms with Crippen molar-refractivity contribution in [2.24, 2.45) is 0 Å². The standard InChI is InChI=1S/C7H5Cl2NO2.H3N/c1-4-6(8)2-5(10(11)12)3-7(4)9;/h2-3H,1H3;1H3. The third-order valence-electron chi connectivity index (χ3n) is 1.48. The highest BCUT2D eigenvalue weighted by Gasteiger charge is 2.10. The first kappa shape index (κ1) is 12.2. The molecule has 0 amide bonds. The molecule has 13 heavy (non-hydrogen) atoms. The van der Waals surface area contributed by atoms with E-state index >= 15 is 0 Å². The lowest BCUT2D eigenvalue weighted by Crippen LogP contribution is -1.89. The van der Waals surface area contributed by atoms with Gasteiger partial charge in [-0.1, -0.05) is 23.2 Å². The molecule has 0 saturated carbocycles. The van der Waals surface area contributed by atoms with E-state index in [4.69, 9.17) is 23.2 Å². The second-order valence-electron chi connectivity index (χ2n) is 2.29. The molecule has 0 radical (unpaired) electrons. The Bertz CT molecular complexity index is 318. The van der Waals surface area contributed by atoms with Crippen LogP contribution in [-0.2, 0) is 0 Å². The molecule has 0 aliphatic carbocycles. The van der Waals surface area contributed by atoms with Gasteiger partial charge in [-0.3, -0.25) is 10.1 Å². The highest BCUT2D eigenvalue weighted by atomic mass is 35.5. The molecule has 1 rings (SSSR count). The van der Waals surface area contributed by atoms with E-state index in [2.05, 4.69) is 0 Å². The molecule has 0 saturated heterocycles. The SMILES string of the molecule is Cc1c(Cl)cc([N+](=O)[O-])cc1Cl.N. The number of non-ortho nitro benzene ring substituents is 1. The van der Waals surface area contributed by atoms with Gasteiger partial charge in [-0.2, -0.15) is 0 Å². The Morgan fingerprint density at radius 1 is 1.31 bits per heavy atom. The summed E-state index contributed by atoms with van der Waals surface area (Å²) in [5.74, 6) is 0. The van der Waals surface area contributed by atoms with Gasteiger partial charge in [-0.15, -0.1) is 0 Å². The first-order valence-corrected chi connectivity index (χ1v) is 3.88. The molecule has 6 heteroatoms. The Morgan fingerprint density at radius 3 is 2.00 bits per heavy atom. The Hall–Kier alpha value is -0.840. The smallest absolute Gasteiger partial charge is 0.272 e. The lowest BCUT2D eigenvalue weighted by Gasteiger charge is -1.99. The molecule has 0 fully saturated rings. The van der Waals surface area contributed by atoms with Crippen molar-refractivity contribution < 1.29 is 4.92 Å². The van der Waals surface area contributed by atoms with Crippen LogP contribution in [0.1, 0.15) is 5.56 Å². The van der Waals surface area contributed by atoms with Gasteiger partial charge in [-0.25, -0.2) is 0 Å². The molecule has 0 aliphatic heterocycles. The fourth-order valence-electron chi connectivity index (χ4n) is 0.737. The summed E-state index contributed by atoms with van der Waals surface area (Å²) in [7, 11) is 0. The van der Waals surface area contributed by atoms with E-state index in [9.17, 15) is 10.1 Å². The molecular formula is C7H8Cl2N2O2. The van der Waals surface area contributed by atoms with Crippen molar-refractivity contribution in [1.29, 1.82) is 0 Å². The van der Waals surface area contributed by atoms with E-state index in [-0.39, 0.29) is 11.8 Å². The first-order chi connectivity index (χ1) is 5.52. The number of hydrogen-bond donors (Lipinski definition) is 1. The highest BCUT2D eigenvalue weighted by molar-refractivity contribution is 6.36. The van der Waals surface area contributed by atoms with Gasteiger partial charge in [0.2, 0.25) is 0 Å². The predicted octanol–water partition coefficient (Wildman–Crippen LogP) is 3.37. The van der Waals surface area contributed by atoms with Gasteiger partial charge in [-0.05, 0) is 12.5 Å². The number of nitro benzene ring substituents is 1. The monoisotopic (exact) mass is 222 g/mol. The minimum absolute atomic E-state index is 0. The van der Waals surface area contributed by atoms with Crippen LogP contribution in [0.5, 0.6) is 0 Å². The largest absolute Gasteiger partial charge is 0.344 e. The van der Waals surface area contributed by atoms with E-state index in [0.717, 1.165) is 0 Å². The molecule has 0 aromatic heterocycles. The topological polar surface area (TPSA) is 78.1 Å². The van der Waals surface area contributed by atoms with Crippen molar-refractivity contribution in [3.63, 3.8) is 0 Å². The Labute approximate surface area is 85.2 Å². The first-order valence-electron chi connectivity index (χ1n) is 3.12. The number of halogens is 2. The maximum Gasteiger partial charge on any atom is 0.272 e. The predicted molar refractivity (Wildman–Crippen MR) is 52.9 cm³/mol. The Morgan fingerprint density at radius 2 is 1.69 bits per heavy atom. The third kappa shape index (κ3) is 2.55. The minimum atomic E-state index is -0.531. The fraction of sp³-hybridized carbons (Fsp3) is 0.143. The van der Waals surface area contributed by atoms with Crippen molar-refractivity contribution in [3.8, 4) is 0 Å². The third-order valence-corrected chi connectivity index (χ3v) is 2.26. The molecule has 3 N–H and O–H groups in total. The maximum absolute atomic E-state index is 10.3. The Kier molecular flexibility index (Phi) is 4.13. The van der Waals surface area contributed by atoms with Gasteiger partial charge in [0.15, 0.2) is 0 Å². The van der Waals surface area contributed by atoms with Crippen LogP contribution in [0.4, 0.5) is 5.69 Å². The van der Waals surface area contributed by atoms with Crippen molar-refractivity contribution in [2.75, 3.05) is 0 Å². The fourth-order valence-corrected chi connectivity index (χ4v) is 1.21. The highest BCUT2D eigenvalue weighted by Crippen LogP contribution is 2.28. The van der Waals surface area contributed by atoms with Crippen LogP contribution in [-0.4, -0.2) is 4.92 Å². The zero-order chi connectivity index (χ0) is 9.30. The number of nitro groups is 1. The van der Waals surface area contributed by atoms with Gasteiger partial charge >= 0.3 is 0 Å². The van der Waals surface area contributed by atoms with E-state index in [1.165, 1.54) is 12.1 Å². The zero-order valence-electron chi connectivity index (χ0n) is 6.88. The zero-order valence-corrected chi connectivity index (χ0v) is 8.39. The average Bonchev–Trinajstić information content (AvgIpc) is 1.99. The lowest BCUT2D eigenvalue weighted by molar-refractivity contribution is -0.384. The quantitative estimate of drug-likeness (QED) is 0.585.